The van der Waals surface area contributed by atoms with Crippen molar-refractivity contribution in [1.82, 2.24) is 9.88 Å². The molecule has 0 aliphatic carbocycles. The van der Waals surface area contributed by atoms with Gasteiger partial charge in [-0.1, -0.05) is 12.1 Å². The number of nitrogens with one attached hydrogen (secondary N) is 1. The Morgan fingerprint density at radius 2 is 1.96 bits per heavy atom. The van der Waals surface area contributed by atoms with Crippen LogP contribution >= 0.6 is 0 Å². The van der Waals surface area contributed by atoms with Crippen LogP contribution in [-0.4, -0.2) is 35.2 Å². The Morgan fingerprint density at radius 1 is 1.19 bits per heavy atom. The van der Waals surface area contributed by atoms with Crippen molar-refractivity contribution in [1.29, 1.82) is 0 Å². The fourth-order valence-electron chi connectivity index (χ4n) is 3.98. The van der Waals surface area contributed by atoms with Gasteiger partial charge in [0.1, 0.15) is 11.4 Å². The molecule has 0 fully saturated rings. The van der Waals surface area contributed by atoms with Gasteiger partial charge >= 0.3 is 6.09 Å². The maximum Gasteiger partial charge on any atom is 0.410 e. The first-order valence-corrected chi connectivity index (χ1v) is 9.36. The van der Waals surface area contributed by atoms with Crippen LogP contribution in [0.1, 0.15) is 37.5 Å². The fraction of sp³-hybridized carbons (Fsp3) is 0.409. The second-order valence-corrected chi connectivity index (χ2v) is 8.22. The van der Waals surface area contributed by atoms with Gasteiger partial charge in [0, 0.05) is 29.4 Å². The standard InChI is InChI=1S/C22H26N2O3/c1-13-15-9-10-24(21(25)27-22(2,3)4)12-14(15)11-17-16-7-6-8-18(26-5)20(16)23-19(13)17/h6-8,11,23H,9-10,12H2,1-5H3. The number of rotatable bonds is 1. The van der Waals surface area contributed by atoms with Crippen molar-refractivity contribution in [2.75, 3.05) is 13.7 Å². The van der Waals surface area contributed by atoms with Crippen LogP contribution in [-0.2, 0) is 17.7 Å². The predicted octanol–water partition coefficient (Wildman–Crippen LogP) is 4.93. The summed E-state index contributed by atoms with van der Waals surface area (Å²) >= 11 is 0. The maximum atomic E-state index is 12.5. The molecule has 0 unspecified atom stereocenters. The highest BCUT2D eigenvalue weighted by Gasteiger charge is 2.27. The first-order valence-electron chi connectivity index (χ1n) is 9.36. The first-order chi connectivity index (χ1) is 12.8. The lowest BCUT2D eigenvalue weighted by Crippen LogP contribution is -2.40. The van der Waals surface area contributed by atoms with Crippen molar-refractivity contribution in [2.45, 2.75) is 46.3 Å². The lowest BCUT2D eigenvalue weighted by atomic mass is 9.92. The zero-order valence-corrected chi connectivity index (χ0v) is 16.6. The van der Waals surface area contributed by atoms with Crippen molar-refractivity contribution >= 4 is 27.9 Å². The first kappa shape index (κ1) is 17.7. The highest BCUT2D eigenvalue weighted by Crippen LogP contribution is 2.37. The summed E-state index contributed by atoms with van der Waals surface area (Å²) in [6, 6.07) is 8.30. The number of nitrogens with zero attached hydrogens (tertiary/aromatic N) is 1. The third-order valence-electron chi connectivity index (χ3n) is 5.23. The molecule has 4 rings (SSSR count). The Morgan fingerprint density at radius 3 is 2.67 bits per heavy atom. The number of fused-ring (bicyclic) bond motifs is 4. The van der Waals surface area contributed by atoms with E-state index in [1.165, 1.54) is 22.1 Å². The van der Waals surface area contributed by atoms with Crippen molar-refractivity contribution in [3.63, 3.8) is 0 Å². The lowest BCUT2D eigenvalue weighted by Gasteiger charge is -2.32. The van der Waals surface area contributed by atoms with Crippen LogP contribution in [0.5, 0.6) is 5.75 Å². The number of H-pyrrole nitrogens is 1. The second-order valence-electron chi connectivity index (χ2n) is 8.22. The van der Waals surface area contributed by atoms with Crippen molar-refractivity contribution in [3.05, 3.63) is 41.0 Å². The van der Waals surface area contributed by atoms with Crippen LogP contribution in [0.2, 0.25) is 0 Å². The zero-order valence-electron chi connectivity index (χ0n) is 16.6. The Kier molecular flexibility index (Phi) is 4.06. The highest BCUT2D eigenvalue weighted by molar-refractivity contribution is 6.10. The molecule has 0 saturated carbocycles. The molecule has 0 bridgehead atoms. The molecule has 1 aliphatic heterocycles. The normalized spacial score (nSPS) is 14.5. The number of hydrogen-bond acceptors (Lipinski definition) is 3. The maximum absolute atomic E-state index is 12.5. The molecule has 1 amide bonds. The molecule has 3 aromatic rings. The number of aromatic nitrogens is 1. The second kappa shape index (κ2) is 6.19. The van der Waals surface area contributed by atoms with E-state index in [-0.39, 0.29) is 6.09 Å². The van der Waals surface area contributed by atoms with Crippen LogP contribution in [0.3, 0.4) is 0 Å². The molecule has 2 aromatic carbocycles. The van der Waals surface area contributed by atoms with E-state index in [9.17, 15) is 4.79 Å². The van der Waals surface area contributed by atoms with Gasteiger partial charge < -0.3 is 19.4 Å². The summed E-state index contributed by atoms with van der Waals surface area (Å²) in [7, 11) is 1.69. The molecule has 2 heterocycles. The van der Waals surface area contributed by atoms with E-state index in [0.717, 1.165) is 28.6 Å². The molecule has 1 aliphatic rings. The quantitative estimate of drug-likeness (QED) is 0.664. The summed E-state index contributed by atoms with van der Waals surface area (Å²) < 4.78 is 11.1. The number of benzene rings is 2. The van der Waals surface area contributed by atoms with Crippen molar-refractivity contribution < 1.29 is 14.3 Å². The molecular formula is C22H26N2O3. The molecule has 5 heteroatoms. The molecule has 0 spiro atoms. The number of methoxy groups -OCH3 is 1. The van der Waals surface area contributed by atoms with Gasteiger partial charge in [-0.3, -0.25) is 0 Å². The largest absolute Gasteiger partial charge is 0.495 e. The number of para-hydroxylation sites is 1. The molecule has 0 atom stereocenters. The van der Waals surface area contributed by atoms with Crippen LogP contribution in [0.15, 0.2) is 24.3 Å². The average molecular weight is 366 g/mol. The van der Waals surface area contributed by atoms with E-state index < -0.39 is 5.60 Å². The molecule has 0 radical (unpaired) electrons. The average Bonchev–Trinajstić information content (AvgIpc) is 2.99. The number of amides is 1. The summed E-state index contributed by atoms with van der Waals surface area (Å²) in [5.41, 5.74) is 5.46. The van der Waals surface area contributed by atoms with Gasteiger partial charge in [-0.15, -0.1) is 0 Å². The van der Waals surface area contributed by atoms with E-state index in [0.29, 0.717) is 13.1 Å². The van der Waals surface area contributed by atoms with Crippen molar-refractivity contribution in [2.24, 2.45) is 0 Å². The summed E-state index contributed by atoms with van der Waals surface area (Å²) in [6.45, 7) is 9.11. The van der Waals surface area contributed by atoms with E-state index in [1.807, 2.05) is 32.9 Å². The molecule has 5 nitrogen and oxygen atoms in total. The smallest absolute Gasteiger partial charge is 0.410 e. The zero-order chi connectivity index (χ0) is 19.3. The van der Waals surface area contributed by atoms with E-state index >= 15 is 0 Å². The molecule has 142 valence electrons. The van der Waals surface area contributed by atoms with Gasteiger partial charge in [0.05, 0.1) is 12.6 Å². The third kappa shape index (κ3) is 3.01. The van der Waals surface area contributed by atoms with Crippen LogP contribution in [0, 0.1) is 6.92 Å². The third-order valence-corrected chi connectivity index (χ3v) is 5.23. The predicted molar refractivity (Wildman–Crippen MR) is 107 cm³/mol. The highest BCUT2D eigenvalue weighted by atomic mass is 16.6. The van der Waals surface area contributed by atoms with Gasteiger partial charge in [0.2, 0.25) is 0 Å². The molecule has 27 heavy (non-hydrogen) atoms. The fourth-order valence-corrected chi connectivity index (χ4v) is 3.98. The summed E-state index contributed by atoms with van der Waals surface area (Å²) in [4.78, 5) is 17.8. The summed E-state index contributed by atoms with van der Waals surface area (Å²) in [5, 5.41) is 2.32. The van der Waals surface area contributed by atoms with E-state index in [2.05, 4.69) is 24.0 Å². The topological polar surface area (TPSA) is 54.6 Å². The van der Waals surface area contributed by atoms with Crippen LogP contribution in [0.4, 0.5) is 4.79 Å². The minimum atomic E-state index is -0.482. The number of ether oxygens (including phenoxy) is 2. The van der Waals surface area contributed by atoms with Crippen LogP contribution in [0.25, 0.3) is 21.8 Å². The van der Waals surface area contributed by atoms with Gasteiger partial charge in [-0.05, 0) is 62.9 Å². The summed E-state index contributed by atoms with van der Waals surface area (Å²) in [6.07, 6.45) is 0.592. The van der Waals surface area contributed by atoms with Crippen molar-refractivity contribution in [3.8, 4) is 5.75 Å². The van der Waals surface area contributed by atoms with E-state index in [4.69, 9.17) is 9.47 Å². The Labute approximate surface area is 159 Å². The van der Waals surface area contributed by atoms with E-state index in [1.54, 1.807) is 12.0 Å². The minimum Gasteiger partial charge on any atom is -0.495 e. The number of aromatic amines is 1. The van der Waals surface area contributed by atoms with Gasteiger partial charge in [-0.25, -0.2) is 4.79 Å². The molecule has 0 saturated heterocycles. The number of carbonyl (C=O) groups is 1. The van der Waals surface area contributed by atoms with Gasteiger partial charge in [0.15, 0.2) is 0 Å². The Balaban J connectivity index is 1.79. The van der Waals surface area contributed by atoms with Gasteiger partial charge in [-0.2, -0.15) is 0 Å². The van der Waals surface area contributed by atoms with Crippen LogP contribution < -0.4 is 4.74 Å². The molecular weight excluding hydrogens is 340 g/mol. The molecule has 1 N–H and O–H groups in total. The monoisotopic (exact) mass is 366 g/mol. The SMILES string of the molecule is COc1cccc2c1[nH]c1c(C)c3c(cc12)CN(C(=O)OC(C)(C)C)CC3. The number of hydrogen-bond donors (Lipinski definition) is 1. The summed E-state index contributed by atoms with van der Waals surface area (Å²) in [5.74, 6) is 0.844. The minimum absolute atomic E-state index is 0.244. The number of aryl methyl sites for hydroxylation is 1. The Hall–Kier alpha value is -2.69. The van der Waals surface area contributed by atoms with Gasteiger partial charge in [0.25, 0.3) is 0 Å². The number of carbonyl (C=O) groups excluding carboxylic acids is 1. The molecule has 1 aromatic heterocycles. The lowest BCUT2D eigenvalue weighted by molar-refractivity contribution is 0.0224. The Bertz CT molecular complexity index is 1040.